The molecule has 10 nitrogen and oxygen atoms in total. The highest BCUT2D eigenvalue weighted by atomic mass is 32.3. The van der Waals surface area contributed by atoms with Crippen LogP contribution in [0.3, 0.4) is 0 Å². The summed E-state index contributed by atoms with van der Waals surface area (Å²) in [7, 11) is -4.79. The number of allylic oxidation sites excluding steroid dienone is 1. The first kappa shape index (κ1) is 20.3. The van der Waals surface area contributed by atoms with E-state index in [1.165, 1.54) is 6.08 Å². The second kappa shape index (κ2) is 8.94. The topological polar surface area (TPSA) is 166 Å². The molecule has 1 aliphatic heterocycles. The van der Waals surface area contributed by atoms with Gasteiger partial charge in [-0.1, -0.05) is 23.0 Å². The van der Waals surface area contributed by atoms with Gasteiger partial charge in [-0.2, -0.15) is 8.42 Å². The molecule has 0 aromatic rings. The maximum absolute atomic E-state index is 10.6. The van der Waals surface area contributed by atoms with Gasteiger partial charge in [-0.05, 0) is 6.42 Å². The minimum atomic E-state index is -4.79. The van der Waals surface area contributed by atoms with Crippen molar-refractivity contribution in [3.63, 3.8) is 0 Å². The van der Waals surface area contributed by atoms with Crippen LogP contribution in [-0.4, -0.2) is 74.9 Å². The Hall–Kier alpha value is -0.730. The molecule has 1 saturated heterocycles. The van der Waals surface area contributed by atoms with Crippen molar-refractivity contribution in [1.29, 1.82) is 0 Å². The fraction of sp³-hybridized carbons (Fsp3) is 0.727. The van der Waals surface area contributed by atoms with E-state index in [4.69, 9.17) is 14.4 Å². The van der Waals surface area contributed by atoms with E-state index in [-0.39, 0.29) is 11.5 Å². The van der Waals surface area contributed by atoms with Gasteiger partial charge < -0.3 is 25.2 Å². The van der Waals surface area contributed by atoms with Crippen LogP contribution in [0, 0.1) is 0 Å². The van der Waals surface area contributed by atoms with Crippen molar-refractivity contribution in [3.05, 3.63) is 12.7 Å². The number of hydrogen-bond donors (Lipinski definition) is 5. The van der Waals surface area contributed by atoms with Crippen molar-refractivity contribution in [2.75, 3.05) is 6.61 Å². The number of rotatable bonds is 7. The Morgan fingerprint density at radius 2 is 1.96 bits per heavy atom. The quantitative estimate of drug-likeness (QED) is 0.118. The highest BCUT2D eigenvalue weighted by Gasteiger charge is 2.44. The summed E-state index contributed by atoms with van der Waals surface area (Å²) in [5, 5.41) is 41.7. The lowest BCUT2D eigenvalue weighted by Crippen LogP contribution is -2.57. The lowest BCUT2D eigenvalue weighted by molar-refractivity contribution is -0.205. The second-order valence-corrected chi connectivity index (χ2v) is 6.81. The van der Waals surface area contributed by atoms with Gasteiger partial charge in [-0.15, -0.1) is 6.58 Å². The molecule has 0 aromatic carbocycles. The molecule has 1 aliphatic rings. The van der Waals surface area contributed by atoms with Crippen LogP contribution in [0.4, 0.5) is 0 Å². The molecule has 0 aromatic heterocycles. The Labute approximate surface area is 137 Å². The third-order valence-corrected chi connectivity index (χ3v) is 4.33. The van der Waals surface area contributed by atoms with Crippen molar-refractivity contribution >= 4 is 27.2 Å². The summed E-state index contributed by atoms with van der Waals surface area (Å²) >= 11 is 0.727. The summed E-state index contributed by atoms with van der Waals surface area (Å²) in [4.78, 5) is 0. The molecule has 1 heterocycles. The van der Waals surface area contributed by atoms with Crippen molar-refractivity contribution in [2.24, 2.45) is 5.16 Å². The van der Waals surface area contributed by atoms with Gasteiger partial charge in [0.15, 0.2) is 0 Å². The molecule has 23 heavy (non-hydrogen) atoms. The zero-order valence-electron chi connectivity index (χ0n) is 11.9. The lowest BCUT2D eigenvalue weighted by atomic mass is 10.0. The Balaban J connectivity index is 2.86. The fourth-order valence-corrected chi connectivity index (χ4v) is 3.05. The van der Waals surface area contributed by atoms with Crippen molar-refractivity contribution in [2.45, 2.75) is 42.7 Å². The summed E-state index contributed by atoms with van der Waals surface area (Å²) in [6.45, 7) is 2.90. The van der Waals surface area contributed by atoms with Crippen LogP contribution < -0.4 is 0 Å². The highest BCUT2D eigenvalue weighted by molar-refractivity contribution is 8.14. The van der Waals surface area contributed by atoms with E-state index in [2.05, 4.69) is 16.0 Å². The van der Waals surface area contributed by atoms with Crippen molar-refractivity contribution < 1.29 is 42.4 Å². The second-order valence-electron chi connectivity index (χ2n) is 4.63. The average Bonchev–Trinajstić information content (AvgIpc) is 2.49. The van der Waals surface area contributed by atoms with Gasteiger partial charge in [0.25, 0.3) is 0 Å². The summed E-state index contributed by atoms with van der Waals surface area (Å²) in [6, 6.07) is 0. The number of oxime groups is 1. The van der Waals surface area contributed by atoms with Gasteiger partial charge in [0.05, 0.1) is 6.61 Å². The monoisotopic (exact) mass is 373 g/mol. The molecule has 1 rings (SSSR count). The van der Waals surface area contributed by atoms with E-state index in [1.54, 1.807) is 0 Å². The van der Waals surface area contributed by atoms with Gasteiger partial charge in [-0.3, -0.25) is 4.55 Å². The number of aliphatic hydroxyl groups is 4. The summed E-state index contributed by atoms with van der Waals surface area (Å²) in [5.41, 5.74) is -1.14. The predicted molar refractivity (Wildman–Crippen MR) is 80.9 cm³/mol. The zero-order chi connectivity index (χ0) is 17.6. The Bertz CT molecular complexity index is 522. The van der Waals surface area contributed by atoms with Crippen LogP contribution in [-0.2, 0) is 19.4 Å². The largest absolute Gasteiger partial charge is 0.466 e. The molecule has 1 fully saturated rings. The third kappa shape index (κ3) is 6.35. The van der Waals surface area contributed by atoms with E-state index in [0.717, 1.165) is 11.8 Å². The maximum atomic E-state index is 10.6. The van der Waals surface area contributed by atoms with Crippen molar-refractivity contribution in [3.8, 4) is 0 Å². The number of ether oxygens (including phenoxy) is 1. The zero-order valence-corrected chi connectivity index (χ0v) is 13.6. The molecule has 5 N–H and O–H groups in total. The molecule has 134 valence electrons. The first-order chi connectivity index (χ1) is 10.7. The van der Waals surface area contributed by atoms with Crippen LogP contribution in [0.5, 0.6) is 0 Å². The molecule has 0 aliphatic carbocycles. The SMILES string of the molecule is C=CCC/C(=N\OS(=O)(=O)O)S[C@@H]1O[C@H](CO)[C@@H](O)[C@H](O)[C@H]1O. The molecule has 0 amide bonds. The van der Waals surface area contributed by atoms with Gasteiger partial charge in [0.2, 0.25) is 0 Å². The smallest absolute Gasteiger partial charge is 0.394 e. The molecule has 12 heteroatoms. The molecular formula is C11H19NO9S2. The number of nitrogens with zero attached hydrogens (tertiary/aromatic N) is 1. The lowest BCUT2D eigenvalue weighted by Gasteiger charge is -2.39. The van der Waals surface area contributed by atoms with Crippen LogP contribution in [0.15, 0.2) is 17.8 Å². The van der Waals surface area contributed by atoms with Crippen LogP contribution in [0.2, 0.25) is 0 Å². The van der Waals surface area contributed by atoms with Crippen LogP contribution in [0.25, 0.3) is 0 Å². The molecule has 0 bridgehead atoms. The number of aliphatic hydroxyl groups excluding tert-OH is 4. The van der Waals surface area contributed by atoms with Crippen LogP contribution >= 0.6 is 11.8 Å². The summed E-state index contributed by atoms with van der Waals surface area (Å²) < 4.78 is 38.9. The minimum Gasteiger partial charge on any atom is -0.394 e. The molecular weight excluding hydrogens is 354 g/mol. The number of thioether (sulfide) groups is 1. The van der Waals surface area contributed by atoms with E-state index in [0.29, 0.717) is 6.42 Å². The van der Waals surface area contributed by atoms with Crippen LogP contribution in [0.1, 0.15) is 12.8 Å². The van der Waals surface area contributed by atoms with E-state index in [9.17, 15) is 23.7 Å². The first-order valence-corrected chi connectivity index (χ1v) is 8.75. The predicted octanol–water partition coefficient (Wildman–Crippen LogP) is -1.38. The Kier molecular flexibility index (Phi) is 7.89. The van der Waals surface area contributed by atoms with E-state index >= 15 is 0 Å². The molecule has 0 unspecified atom stereocenters. The third-order valence-electron chi connectivity index (χ3n) is 2.90. The highest BCUT2D eigenvalue weighted by Crippen LogP contribution is 2.30. The van der Waals surface area contributed by atoms with Gasteiger partial charge in [0.1, 0.15) is 34.9 Å². The van der Waals surface area contributed by atoms with Crippen molar-refractivity contribution in [1.82, 2.24) is 0 Å². The Morgan fingerprint density at radius 3 is 2.48 bits per heavy atom. The Morgan fingerprint density at radius 1 is 1.30 bits per heavy atom. The summed E-state index contributed by atoms with van der Waals surface area (Å²) in [5.74, 6) is 0. The first-order valence-electron chi connectivity index (χ1n) is 6.50. The standard InChI is InChI=1S/C11H19NO9S2/c1-2-3-4-7(12-21-23(17,18)19)22-11-10(16)9(15)8(14)6(5-13)20-11/h2,6,8-11,13-16H,1,3-5H2,(H,17,18,19)/b12-7+/t6-,8-,9+,10-,11+/m1/s1. The van der Waals surface area contributed by atoms with E-state index < -0.39 is 46.9 Å². The van der Waals surface area contributed by atoms with E-state index in [1.807, 2.05) is 0 Å². The molecule has 0 spiro atoms. The molecule has 0 radical (unpaired) electrons. The van der Waals surface area contributed by atoms with Gasteiger partial charge in [-0.25, -0.2) is 4.28 Å². The number of hydrogen-bond acceptors (Lipinski definition) is 10. The molecule has 5 atom stereocenters. The molecule has 0 saturated carbocycles. The fourth-order valence-electron chi connectivity index (χ4n) is 1.74. The van der Waals surface area contributed by atoms with Gasteiger partial charge >= 0.3 is 10.4 Å². The maximum Gasteiger partial charge on any atom is 0.466 e. The summed E-state index contributed by atoms with van der Waals surface area (Å²) in [6.07, 6.45) is -3.62. The average molecular weight is 373 g/mol. The minimum absolute atomic E-state index is 0.0341. The van der Waals surface area contributed by atoms with Gasteiger partial charge in [0, 0.05) is 6.42 Å². The normalized spacial score (nSPS) is 32.6.